The Morgan fingerprint density at radius 2 is 2.04 bits per heavy atom. The third kappa shape index (κ3) is 3.80. The van der Waals surface area contributed by atoms with E-state index >= 15 is 0 Å². The van der Waals surface area contributed by atoms with Crippen LogP contribution in [-0.4, -0.2) is 16.6 Å². The Bertz CT molecular complexity index is 1000. The average Bonchev–Trinajstić information content (AvgIpc) is 2.62. The second-order valence-corrected chi connectivity index (χ2v) is 5.95. The van der Waals surface area contributed by atoms with E-state index in [1.165, 1.54) is 0 Å². The van der Waals surface area contributed by atoms with Gasteiger partial charge in [-0.3, -0.25) is 4.79 Å². The number of ether oxygens (including phenoxy) is 1. The first kappa shape index (κ1) is 17.0. The van der Waals surface area contributed by atoms with Gasteiger partial charge in [0, 0.05) is 0 Å². The summed E-state index contributed by atoms with van der Waals surface area (Å²) < 4.78 is 5.45. The predicted molar refractivity (Wildman–Crippen MR) is 103 cm³/mol. The first-order chi connectivity index (χ1) is 12.1. The molecule has 0 radical (unpaired) electrons. The van der Waals surface area contributed by atoms with Crippen LogP contribution < -0.4 is 10.3 Å². The van der Waals surface area contributed by atoms with Crippen molar-refractivity contribution in [1.82, 2.24) is 9.97 Å². The molecule has 2 aromatic carbocycles. The zero-order valence-corrected chi connectivity index (χ0v) is 14.5. The van der Waals surface area contributed by atoms with Gasteiger partial charge in [-0.15, -0.1) is 0 Å². The number of para-hydroxylation sites is 1. The number of aromatic nitrogens is 2. The van der Waals surface area contributed by atoms with Crippen molar-refractivity contribution < 1.29 is 4.74 Å². The van der Waals surface area contributed by atoms with E-state index < -0.39 is 0 Å². The Hall–Kier alpha value is -2.85. The highest BCUT2D eigenvalue weighted by molar-refractivity contribution is 6.50. The Morgan fingerprint density at radius 3 is 2.76 bits per heavy atom. The van der Waals surface area contributed by atoms with Crippen LogP contribution in [0.1, 0.15) is 17.0 Å². The fraction of sp³-hybridized carbons (Fsp3) is 0.100. The van der Waals surface area contributed by atoms with Gasteiger partial charge in [0.1, 0.15) is 12.4 Å². The molecule has 0 amide bonds. The fourth-order valence-electron chi connectivity index (χ4n) is 2.45. The van der Waals surface area contributed by atoms with Crippen LogP contribution in [0.3, 0.4) is 0 Å². The molecule has 4 nitrogen and oxygen atoms in total. The smallest absolute Gasteiger partial charge is 0.259 e. The van der Waals surface area contributed by atoms with Crippen molar-refractivity contribution in [3.05, 3.63) is 82.4 Å². The number of hydrogen-bond acceptors (Lipinski definition) is 3. The number of nitrogens with zero attached hydrogens (tertiary/aromatic N) is 1. The normalized spacial score (nSPS) is 11.5. The molecule has 0 fully saturated rings. The number of aromatic amines is 1. The van der Waals surface area contributed by atoms with Crippen LogP contribution in [0.2, 0.25) is 0 Å². The highest BCUT2D eigenvalue weighted by Gasteiger charge is 2.08. The average molecular weight is 353 g/mol. The van der Waals surface area contributed by atoms with Crippen LogP contribution in [0, 0.1) is 6.92 Å². The minimum Gasteiger partial charge on any atom is -0.490 e. The summed E-state index contributed by atoms with van der Waals surface area (Å²) in [6.45, 7) is 5.98. The Labute approximate surface area is 150 Å². The molecule has 126 valence electrons. The standard InChI is InChI=1S/C20H17ClN2O2/c1-3-11-25-15-9-7-14(8-10-15)12-17(21)19-22-18-13(2)5-4-6-16(18)20(24)23-19/h3-10,12H,1,11H2,2H3,(H,22,23,24)/b17-12-. The Morgan fingerprint density at radius 1 is 1.28 bits per heavy atom. The SMILES string of the molecule is C=CCOc1ccc(/C=C(\Cl)c2nc3c(C)cccc3c(=O)[nH]2)cc1. The molecule has 0 atom stereocenters. The Kier molecular flexibility index (Phi) is 5.00. The van der Waals surface area contributed by atoms with Crippen LogP contribution >= 0.6 is 11.6 Å². The molecule has 0 aliphatic rings. The van der Waals surface area contributed by atoms with E-state index in [-0.39, 0.29) is 5.56 Å². The minimum absolute atomic E-state index is 0.205. The molecular formula is C20H17ClN2O2. The van der Waals surface area contributed by atoms with Crippen LogP contribution in [0.25, 0.3) is 22.0 Å². The third-order valence-corrected chi connectivity index (χ3v) is 3.99. The summed E-state index contributed by atoms with van der Waals surface area (Å²) in [6, 6.07) is 13.0. The summed E-state index contributed by atoms with van der Waals surface area (Å²) in [4.78, 5) is 19.5. The molecular weight excluding hydrogens is 336 g/mol. The summed E-state index contributed by atoms with van der Waals surface area (Å²) in [5, 5.41) is 0.916. The molecule has 0 saturated carbocycles. The molecule has 1 aromatic heterocycles. The lowest BCUT2D eigenvalue weighted by atomic mass is 10.1. The first-order valence-corrected chi connectivity index (χ1v) is 8.17. The zero-order valence-electron chi connectivity index (χ0n) is 13.8. The van der Waals surface area contributed by atoms with Gasteiger partial charge < -0.3 is 9.72 Å². The predicted octanol–water partition coefficient (Wildman–Crippen LogP) is 4.53. The Balaban J connectivity index is 1.94. The van der Waals surface area contributed by atoms with E-state index in [9.17, 15) is 4.79 Å². The van der Waals surface area contributed by atoms with Gasteiger partial charge in [0.2, 0.25) is 0 Å². The van der Waals surface area contributed by atoms with Crippen molar-refractivity contribution in [3.8, 4) is 5.75 Å². The van der Waals surface area contributed by atoms with Gasteiger partial charge in [-0.25, -0.2) is 4.98 Å². The number of fused-ring (bicyclic) bond motifs is 1. The van der Waals surface area contributed by atoms with Gasteiger partial charge in [-0.2, -0.15) is 0 Å². The molecule has 0 saturated heterocycles. The van der Waals surface area contributed by atoms with Gasteiger partial charge in [0.15, 0.2) is 5.82 Å². The lowest BCUT2D eigenvalue weighted by molar-refractivity contribution is 0.363. The quantitative estimate of drug-likeness (QED) is 0.686. The highest BCUT2D eigenvalue weighted by atomic mass is 35.5. The number of halogens is 1. The first-order valence-electron chi connectivity index (χ1n) is 7.79. The van der Waals surface area contributed by atoms with E-state index in [0.717, 1.165) is 16.9 Å². The molecule has 25 heavy (non-hydrogen) atoms. The topological polar surface area (TPSA) is 55.0 Å². The van der Waals surface area contributed by atoms with Gasteiger partial charge in [-0.1, -0.05) is 48.5 Å². The molecule has 0 unspecified atom stereocenters. The van der Waals surface area contributed by atoms with Crippen LogP contribution in [0.5, 0.6) is 5.75 Å². The van der Waals surface area contributed by atoms with E-state index in [1.807, 2.05) is 43.3 Å². The highest BCUT2D eigenvalue weighted by Crippen LogP contribution is 2.22. The molecule has 3 aromatic rings. The molecule has 1 N–H and O–H groups in total. The van der Waals surface area contributed by atoms with Crippen molar-refractivity contribution in [1.29, 1.82) is 0 Å². The van der Waals surface area contributed by atoms with E-state index in [1.54, 1.807) is 18.2 Å². The van der Waals surface area contributed by atoms with Gasteiger partial charge in [0.05, 0.1) is 15.9 Å². The van der Waals surface area contributed by atoms with Gasteiger partial charge in [-0.05, 0) is 42.3 Å². The molecule has 0 aliphatic carbocycles. The number of nitrogens with one attached hydrogen (secondary N) is 1. The summed E-state index contributed by atoms with van der Waals surface area (Å²) in [5.74, 6) is 1.10. The molecule has 0 aliphatic heterocycles. The second-order valence-electron chi connectivity index (χ2n) is 5.55. The number of H-pyrrole nitrogens is 1. The van der Waals surface area contributed by atoms with E-state index in [2.05, 4.69) is 16.5 Å². The van der Waals surface area contributed by atoms with Crippen molar-refractivity contribution in [3.63, 3.8) is 0 Å². The summed E-state index contributed by atoms with van der Waals surface area (Å²) in [6.07, 6.45) is 3.44. The monoisotopic (exact) mass is 352 g/mol. The maximum absolute atomic E-state index is 12.2. The number of benzene rings is 2. The summed E-state index contributed by atoms with van der Waals surface area (Å²) >= 11 is 6.37. The largest absolute Gasteiger partial charge is 0.490 e. The number of hydrogen-bond donors (Lipinski definition) is 1. The zero-order chi connectivity index (χ0) is 17.8. The fourth-order valence-corrected chi connectivity index (χ4v) is 2.66. The number of aryl methyl sites for hydroxylation is 1. The van der Waals surface area contributed by atoms with Crippen LogP contribution in [-0.2, 0) is 0 Å². The molecule has 5 heteroatoms. The lowest BCUT2D eigenvalue weighted by Gasteiger charge is -2.05. The van der Waals surface area contributed by atoms with E-state index in [0.29, 0.717) is 28.4 Å². The maximum atomic E-state index is 12.2. The molecule has 0 spiro atoms. The molecule has 3 rings (SSSR count). The van der Waals surface area contributed by atoms with E-state index in [4.69, 9.17) is 16.3 Å². The minimum atomic E-state index is -0.205. The van der Waals surface area contributed by atoms with Crippen molar-refractivity contribution >= 4 is 33.6 Å². The van der Waals surface area contributed by atoms with Crippen molar-refractivity contribution in [2.24, 2.45) is 0 Å². The molecule has 0 bridgehead atoms. The van der Waals surface area contributed by atoms with Crippen molar-refractivity contribution in [2.45, 2.75) is 6.92 Å². The third-order valence-electron chi connectivity index (χ3n) is 3.71. The lowest BCUT2D eigenvalue weighted by Crippen LogP contribution is -2.11. The second kappa shape index (κ2) is 7.36. The number of rotatable bonds is 5. The van der Waals surface area contributed by atoms with Crippen molar-refractivity contribution in [2.75, 3.05) is 6.61 Å². The summed E-state index contributed by atoms with van der Waals surface area (Å²) in [7, 11) is 0. The van der Waals surface area contributed by atoms with Crippen LogP contribution in [0.15, 0.2) is 59.9 Å². The summed E-state index contributed by atoms with van der Waals surface area (Å²) in [5.41, 5.74) is 2.26. The molecule has 1 heterocycles. The van der Waals surface area contributed by atoms with Gasteiger partial charge in [0.25, 0.3) is 5.56 Å². The van der Waals surface area contributed by atoms with Gasteiger partial charge >= 0.3 is 0 Å². The van der Waals surface area contributed by atoms with Crippen LogP contribution in [0.4, 0.5) is 0 Å². The maximum Gasteiger partial charge on any atom is 0.259 e.